The van der Waals surface area contributed by atoms with Crippen molar-refractivity contribution in [3.05, 3.63) is 35.7 Å². The molecule has 1 saturated heterocycles. The second kappa shape index (κ2) is 8.47. The monoisotopic (exact) mass is 366 g/mol. The quantitative estimate of drug-likeness (QED) is 0.774. The third kappa shape index (κ3) is 4.92. The zero-order chi connectivity index (χ0) is 19.2. The summed E-state index contributed by atoms with van der Waals surface area (Å²) < 4.78 is 11.3. The number of rotatable bonds is 6. The Labute approximate surface area is 158 Å². The molecule has 0 bridgehead atoms. The van der Waals surface area contributed by atoms with E-state index in [4.69, 9.17) is 15.2 Å². The van der Waals surface area contributed by atoms with Crippen LogP contribution in [0.25, 0.3) is 11.6 Å². The number of anilines is 2. The molecule has 27 heavy (non-hydrogen) atoms. The number of nitrogens with zero attached hydrogens (tertiary/aromatic N) is 5. The molecule has 8 nitrogen and oxygen atoms in total. The van der Waals surface area contributed by atoms with Gasteiger partial charge in [0, 0.05) is 20.7 Å². The topological polar surface area (TPSA) is 110 Å². The minimum Gasteiger partial charge on any atom is -0.491 e. The van der Waals surface area contributed by atoms with Gasteiger partial charge in [0.05, 0.1) is 11.7 Å². The zero-order valence-electron chi connectivity index (χ0n) is 15.4. The highest BCUT2D eigenvalue weighted by Crippen LogP contribution is 2.20. The van der Waals surface area contributed by atoms with E-state index in [2.05, 4.69) is 21.0 Å². The molecule has 0 aliphatic carbocycles. The highest BCUT2D eigenvalue weighted by Gasteiger charge is 2.16. The molecule has 1 fully saturated rings. The van der Waals surface area contributed by atoms with Crippen LogP contribution in [-0.4, -0.2) is 48.4 Å². The van der Waals surface area contributed by atoms with Gasteiger partial charge in [0.25, 0.3) is 0 Å². The van der Waals surface area contributed by atoms with E-state index in [0.29, 0.717) is 18.1 Å². The number of hydrogen-bond acceptors (Lipinski definition) is 8. The molecule has 0 spiro atoms. The van der Waals surface area contributed by atoms with Crippen molar-refractivity contribution < 1.29 is 9.47 Å². The van der Waals surface area contributed by atoms with Crippen molar-refractivity contribution >= 4 is 23.5 Å². The maximum absolute atomic E-state index is 9.51. The van der Waals surface area contributed by atoms with Crippen LogP contribution in [-0.2, 0) is 4.74 Å². The Bertz CT molecular complexity index is 851. The van der Waals surface area contributed by atoms with Crippen LogP contribution in [0.5, 0.6) is 5.75 Å². The molecule has 1 aromatic heterocycles. The molecule has 2 heterocycles. The van der Waals surface area contributed by atoms with Gasteiger partial charge in [-0.05, 0) is 36.6 Å². The predicted molar refractivity (Wildman–Crippen MR) is 103 cm³/mol. The second-order valence-corrected chi connectivity index (χ2v) is 6.40. The van der Waals surface area contributed by atoms with E-state index in [1.54, 1.807) is 25.1 Å². The van der Waals surface area contributed by atoms with E-state index in [1.807, 2.05) is 24.3 Å². The fraction of sp³-hybridized carbons (Fsp3) is 0.368. The lowest BCUT2D eigenvalue weighted by atomic mass is 10.1. The highest BCUT2D eigenvalue weighted by atomic mass is 16.5. The van der Waals surface area contributed by atoms with Crippen LogP contribution in [0.1, 0.15) is 24.2 Å². The average Bonchev–Trinajstić information content (AvgIpc) is 3.18. The Kier molecular flexibility index (Phi) is 5.84. The molecule has 1 aromatic carbocycles. The zero-order valence-corrected chi connectivity index (χ0v) is 15.4. The van der Waals surface area contributed by atoms with Gasteiger partial charge in [0.1, 0.15) is 18.4 Å². The van der Waals surface area contributed by atoms with Gasteiger partial charge in [-0.2, -0.15) is 20.2 Å². The molecule has 1 atom stereocenters. The summed E-state index contributed by atoms with van der Waals surface area (Å²) in [4.78, 5) is 14.1. The molecule has 1 aliphatic heterocycles. The molecule has 8 heteroatoms. The standard InChI is InChI=1S/C19H22N6O2/c1-25(2)19-23-17(22-18(21)24-19)14(11-20)10-13-5-7-15(8-6-13)27-12-16-4-3-9-26-16/h5-8,10,16H,3-4,9,12H2,1-2H3,(H2,21,22,23,24)/b14-10+. The molecule has 3 rings (SSSR count). The van der Waals surface area contributed by atoms with Gasteiger partial charge in [0.2, 0.25) is 11.9 Å². The van der Waals surface area contributed by atoms with Crippen LogP contribution >= 0.6 is 0 Å². The van der Waals surface area contributed by atoms with Crippen LogP contribution < -0.4 is 15.4 Å². The molecule has 1 unspecified atom stereocenters. The van der Waals surface area contributed by atoms with Gasteiger partial charge in [-0.15, -0.1) is 0 Å². The summed E-state index contributed by atoms with van der Waals surface area (Å²) in [6.45, 7) is 1.36. The Balaban J connectivity index is 1.74. The van der Waals surface area contributed by atoms with Crippen molar-refractivity contribution in [3.63, 3.8) is 0 Å². The summed E-state index contributed by atoms with van der Waals surface area (Å²) in [7, 11) is 3.59. The van der Waals surface area contributed by atoms with E-state index in [-0.39, 0.29) is 17.9 Å². The van der Waals surface area contributed by atoms with E-state index < -0.39 is 0 Å². The number of allylic oxidation sites excluding steroid dienone is 1. The van der Waals surface area contributed by atoms with Crippen molar-refractivity contribution in [1.82, 2.24) is 15.0 Å². The van der Waals surface area contributed by atoms with Crippen molar-refractivity contribution in [2.24, 2.45) is 0 Å². The largest absolute Gasteiger partial charge is 0.491 e. The lowest BCUT2D eigenvalue weighted by Crippen LogP contribution is -2.16. The molecule has 0 saturated carbocycles. The van der Waals surface area contributed by atoms with Crippen LogP contribution in [0.4, 0.5) is 11.9 Å². The number of ether oxygens (including phenoxy) is 2. The molecule has 2 aromatic rings. The van der Waals surface area contributed by atoms with Gasteiger partial charge in [-0.3, -0.25) is 0 Å². The average molecular weight is 366 g/mol. The first-order valence-corrected chi connectivity index (χ1v) is 8.70. The number of benzene rings is 1. The summed E-state index contributed by atoms with van der Waals surface area (Å²) in [6, 6.07) is 9.60. The Morgan fingerprint density at radius 2 is 2.11 bits per heavy atom. The number of nitrogen functional groups attached to an aromatic ring is 1. The number of aromatic nitrogens is 3. The molecule has 2 N–H and O–H groups in total. The first-order valence-electron chi connectivity index (χ1n) is 8.70. The second-order valence-electron chi connectivity index (χ2n) is 6.40. The summed E-state index contributed by atoms with van der Waals surface area (Å²) in [5.41, 5.74) is 6.88. The van der Waals surface area contributed by atoms with Gasteiger partial charge >= 0.3 is 0 Å². The third-order valence-electron chi connectivity index (χ3n) is 4.05. The van der Waals surface area contributed by atoms with Gasteiger partial charge < -0.3 is 20.1 Å². The lowest BCUT2D eigenvalue weighted by molar-refractivity contribution is 0.0679. The van der Waals surface area contributed by atoms with Crippen molar-refractivity contribution in [2.75, 3.05) is 37.9 Å². The normalized spacial score (nSPS) is 16.8. The molecule has 140 valence electrons. The molecule has 0 radical (unpaired) electrons. The molecule has 1 aliphatic rings. The molecular weight excluding hydrogens is 344 g/mol. The van der Waals surface area contributed by atoms with Gasteiger partial charge in [-0.25, -0.2) is 0 Å². The maximum atomic E-state index is 9.51. The summed E-state index contributed by atoms with van der Waals surface area (Å²) in [5, 5.41) is 9.51. The van der Waals surface area contributed by atoms with E-state index >= 15 is 0 Å². The molecule has 0 amide bonds. The third-order valence-corrected chi connectivity index (χ3v) is 4.05. The van der Waals surface area contributed by atoms with E-state index in [9.17, 15) is 5.26 Å². The van der Waals surface area contributed by atoms with Crippen molar-refractivity contribution in [1.29, 1.82) is 5.26 Å². The number of nitrogens with two attached hydrogens (primary N) is 1. The van der Waals surface area contributed by atoms with Crippen LogP contribution in [0.2, 0.25) is 0 Å². The first-order chi connectivity index (χ1) is 13.0. The molecular formula is C19H22N6O2. The first kappa shape index (κ1) is 18.6. The minimum absolute atomic E-state index is 0.0720. The highest BCUT2D eigenvalue weighted by molar-refractivity contribution is 5.87. The minimum atomic E-state index is 0.0720. The van der Waals surface area contributed by atoms with Crippen LogP contribution in [0.3, 0.4) is 0 Å². The Morgan fingerprint density at radius 3 is 2.74 bits per heavy atom. The smallest absolute Gasteiger partial charge is 0.230 e. The lowest BCUT2D eigenvalue weighted by Gasteiger charge is -2.11. The fourth-order valence-corrected chi connectivity index (χ4v) is 2.64. The number of hydrogen-bond donors (Lipinski definition) is 1. The Morgan fingerprint density at radius 1 is 1.33 bits per heavy atom. The van der Waals surface area contributed by atoms with Crippen LogP contribution in [0, 0.1) is 11.3 Å². The van der Waals surface area contributed by atoms with Crippen LogP contribution in [0.15, 0.2) is 24.3 Å². The number of nitriles is 1. The SMILES string of the molecule is CN(C)c1nc(N)nc(/C(C#N)=C/c2ccc(OCC3CCCO3)cc2)n1. The summed E-state index contributed by atoms with van der Waals surface area (Å²) in [5.74, 6) is 1.48. The van der Waals surface area contributed by atoms with Gasteiger partial charge in [-0.1, -0.05) is 12.1 Å². The predicted octanol–water partition coefficient (Wildman–Crippen LogP) is 2.14. The van der Waals surface area contributed by atoms with Crippen molar-refractivity contribution in [3.8, 4) is 11.8 Å². The van der Waals surface area contributed by atoms with Crippen molar-refractivity contribution in [2.45, 2.75) is 18.9 Å². The van der Waals surface area contributed by atoms with Gasteiger partial charge in [0.15, 0.2) is 5.82 Å². The summed E-state index contributed by atoms with van der Waals surface area (Å²) >= 11 is 0. The summed E-state index contributed by atoms with van der Waals surface area (Å²) in [6.07, 6.45) is 4.01. The Hall–Kier alpha value is -3.18. The van der Waals surface area contributed by atoms with E-state index in [0.717, 1.165) is 30.8 Å². The fourth-order valence-electron chi connectivity index (χ4n) is 2.64. The maximum Gasteiger partial charge on any atom is 0.230 e. The van der Waals surface area contributed by atoms with E-state index in [1.165, 1.54) is 0 Å².